The van der Waals surface area contributed by atoms with Crippen molar-refractivity contribution < 1.29 is 13.2 Å². The number of benzene rings is 1. The Balaban J connectivity index is 1.67. The molecule has 1 unspecified atom stereocenters. The Morgan fingerprint density at radius 2 is 1.92 bits per heavy atom. The molecule has 8 heteroatoms. The van der Waals surface area contributed by atoms with Gasteiger partial charge in [0.15, 0.2) is 9.84 Å². The van der Waals surface area contributed by atoms with E-state index < -0.39 is 9.84 Å². The summed E-state index contributed by atoms with van der Waals surface area (Å²) in [6.07, 6.45) is 4.41. The summed E-state index contributed by atoms with van der Waals surface area (Å²) in [4.78, 5) is 18.4. The molecule has 0 bridgehead atoms. The van der Waals surface area contributed by atoms with Crippen molar-refractivity contribution in [2.45, 2.75) is 25.9 Å². The Bertz CT molecular complexity index is 834. The van der Waals surface area contributed by atoms with Crippen LogP contribution in [0, 0.1) is 6.92 Å². The maximum Gasteiger partial charge on any atom is 0.317 e. The monoisotopic (exact) mass is 376 g/mol. The lowest BCUT2D eigenvalue weighted by atomic mass is 10.0. The second-order valence-corrected chi connectivity index (χ2v) is 8.81. The number of carbonyl (C=O) groups is 1. The van der Waals surface area contributed by atoms with Crippen molar-refractivity contribution in [2.24, 2.45) is 0 Å². The molecule has 1 aliphatic rings. The number of rotatable bonds is 5. The van der Waals surface area contributed by atoms with Gasteiger partial charge in [0.25, 0.3) is 0 Å². The van der Waals surface area contributed by atoms with Gasteiger partial charge in [0.05, 0.1) is 17.5 Å². The van der Waals surface area contributed by atoms with E-state index in [9.17, 15) is 13.2 Å². The highest BCUT2D eigenvalue weighted by Crippen LogP contribution is 2.19. The van der Waals surface area contributed by atoms with Crippen LogP contribution in [0.1, 0.15) is 23.9 Å². The van der Waals surface area contributed by atoms with Crippen LogP contribution in [0.15, 0.2) is 42.7 Å². The van der Waals surface area contributed by atoms with E-state index in [0.717, 1.165) is 24.4 Å². The Hall–Kier alpha value is -2.35. The zero-order valence-electron chi connectivity index (χ0n) is 14.8. The van der Waals surface area contributed by atoms with Gasteiger partial charge < -0.3 is 14.8 Å². The molecule has 1 aliphatic heterocycles. The molecule has 1 atom stereocenters. The number of imidazole rings is 1. The van der Waals surface area contributed by atoms with E-state index in [2.05, 4.69) is 14.9 Å². The summed E-state index contributed by atoms with van der Waals surface area (Å²) in [6.45, 7) is 3.18. The standard InChI is InChI=1S/C18H24N4O3S/c1-15-19-8-10-21(15)9-7-17(16-5-3-2-4-6-16)20-18(23)22-11-13-26(24,25)14-12-22/h2-6,8,10,17H,7,9,11-14H2,1H3,(H,20,23). The fourth-order valence-corrected chi connectivity index (χ4v) is 4.27. The molecule has 2 heterocycles. The van der Waals surface area contributed by atoms with E-state index >= 15 is 0 Å². The van der Waals surface area contributed by atoms with Crippen LogP contribution >= 0.6 is 0 Å². The zero-order chi connectivity index (χ0) is 18.6. The molecule has 1 N–H and O–H groups in total. The minimum absolute atomic E-state index is 0.0324. The number of hydrogen-bond acceptors (Lipinski definition) is 4. The molecule has 2 aromatic rings. The number of nitrogens with zero attached hydrogens (tertiary/aromatic N) is 3. The van der Waals surface area contributed by atoms with Crippen LogP contribution in [-0.4, -0.2) is 53.5 Å². The lowest BCUT2D eigenvalue weighted by molar-refractivity contribution is 0.197. The third-order valence-corrected chi connectivity index (χ3v) is 6.32. The molecule has 0 spiro atoms. The molecule has 140 valence electrons. The Morgan fingerprint density at radius 1 is 1.23 bits per heavy atom. The van der Waals surface area contributed by atoms with Crippen LogP contribution in [0.25, 0.3) is 0 Å². The molecule has 1 saturated heterocycles. The number of aromatic nitrogens is 2. The van der Waals surface area contributed by atoms with Crippen LogP contribution in [-0.2, 0) is 16.4 Å². The molecule has 0 saturated carbocycles. The third kappa shape index (κ3) is 4.63. The second-order valence-electron chi connectivity index (χ2n) is 6.51. The van der Waals surface area contributed by atoms with Gasteiger partial charge in [0.2, 0.25) is 0 Å². The minimum Gasteiger partial charge on any atom is -0.335 e. The maximum absolute atomic E-state index is 12.6. The van der Waals surface area contributed by atoms with E-state index in [4.69, 9.17) is 0 Å². The number of hydrogen-bond donors (Lipinski definition) is 1. The molecule has 7 nitrogen and oxygen atoms in total. The first-order valence-corrected chi connectivity index (χ1v) is 10.6. The van der Waals surface area contributed by atoms with Gasteiger partial charge in [-0.05, 0) is 18.9 Å². The van der Waals surface area contributed by atoms with Gasteiger partial charge in [-0.3, -0.25) is 0 Å². The summed E-state index contributed by atoms with van der Waals surface area (Å²) in [5.41, 5.74) is 1.03. The summed E-state index contributed by atoms with van der Waals surface area (Å²) in [5.74, 6) is 0.999. The van der Waals surface area contributed by atoms with Crippen LogP contribution in [0.2, 0.25) is 0 Å². The summed E-state index contributed by atoms with van der Waals surface area (Å²) < 4.78 is 25.2. The fraction of sp³-hybridized carbons (Fsp3) is 0.444. The van der Waals surface area contributed by atoms with Crippen molar-refractivity contribution in [3.63, 3.8) is 0 Å². The van der Waals surface area contributed by atoms with Gasteiger partial charge in [0, 0.05) is 32.0 Å². The molecule has 0 aliphatic carbocycles. The van der Waals surface area contributed by atoms with Gasteiger partial charge in [-0.2, -0.15) is 0 Å². The first-order valence-electron chi connectivity index (χ1n) is 8.73. The van der Waals surface area contributed by atoms with Crippen LogP contribution in [0.4, 0.5) is 4.79 Å². The quantitative estimate of drug-likeness (QED) is 0.862. The van der Waals surface area contributed by atoms with E-state index in [0.29, 0.717) is 0 Å². The number of urea groups is 1. The smallest absolute Gasteiger partial charge is 0.317 e. The van der Waals surface area contributed by atoms with Crippen molar-refractivity contribution in [3.8, 4) is 0 Å². The predicted molar refractivity (Wildman–Crippen MR) is 99.5 cm³/mol. The minimum atomic E-state index is -3.01. The normalized spacial score (nSPS) is 17.7. The number of sulfone groups is 1. The van der Waals surface area contributed by atoms with Crippen molar-refractivity contribution in [3.05, 3.63) is 54.1 Å². The highest BCUT2D eigenvalue weighted by molar-refractivity contribution is 7.91. The highest BCUT2D eigenvalue weighted by atomic mass is 32.2. The largest absolute Gasteiger partial charge is 0.335 e. The summed E-state index contributed by atoms with van der Waals surface area (Å²) >= 11 is 0. The van der Waals surface area contributed by atoms with Gasteiger partial charge in [0.1, 0.15) is 5.82 Å². The van der Waals surface area contributed by atoms with E-state index in [1.807, 2.05) is 43.5 Å². The van der Waals surface area contributed by atoms with Gasteiger partial charge in [-0.25, -0.2) is 18.2 Å². The molecule has 1 fully saturated rings. The molecule has 1 aromatic carbocycles. The zero-order valence-corrected chi connectivity index (χ0v) is 15.7. The van der Waals surface area contributed by atoms with Crippen LogP contribution in [0.5, 0.6) is 0 Å². The third-order valence-electron chi connectivity index (χ3n) is 4.71. The predicted octanol–water partition coefficient (Wildman–Crippen LogP) is 1.76. The number of nitrogens with one attached hydrogen (secondary N) is 1. The van der Waals surface area contributed by atoms with Crippen LogP contribution in [0.3, 0.4) is 0 Å². The highest BCUT2D eigenvalue weighted by Gasteiger charge is 2.26. The molecule has 0 radical (unpaired) electrons. The van der Waals surface area contributed by atoms with E-state index in [1.165, 1.54) is 0 Å². The molecule has 1 aromatic heterocycles. The molecular formula is C18H24N4O3S. The Kier molecular flexibility index (Phi) is 5.61. The van der Waals surface area contributed by atoms with Gasteiger partial charge in [-0.1, -0.05) is 30.3 Å². The topological polar surface area (TPSA) is 84.3 Å². The molecule has 2 amide bonds. The first-order chi connectivity index (χ1) is 12.4. The average molecular weight is 376 g/mol. The average Bonchev–Trinajstić information content (AvgIpc) is 3.04. The van der Waals surface area contributed by atoms with E-state index in [1.54, 1.807) is 11.1 Å². The summed E-state index contributed by atoms with van der Waals surface area (Å²) in [5, 5.41) is 3.07. The number of amides is 2. The Morgan fingerprint density at radius 3 is 2.54 bits per heavy atom. The van der Waals surface area contributed by atoms with Crippen molar-refractivity contribution in [1.82, 2.24) is 19.8 Å². The lowest BCUT2D eigenvalue weighted by Crippen LogP contribution is -2.49. The lowest BCUT2D eigenvalue weighted by Gasteiger charge is -2.29. The van der Waals surface area contributed by atoms with E-state index in [-0.39, 0.29) is 36.7 Å². The second kappa shape index (κ2) is 7.90. The van der Waals surface area contributed by atoms with Crippen molar-refractivity contribution in [2.75, 3.05) is 24.6 Å². The van der Waals surface area contributed by atoms with Gasteiger partial charge >= 0.3 is 6.03 Å². The molecular weight excluding hydrogens is 352 g/mol. The van der Waals surface area contributed by atoms with Crippen LogP contribution < -0.4 is 5.32 Å². The fourth-order valence-electron chi connectivity index (χ4n) is 3.07. The summed E-state index contributed by atoms with van der Waals surface area (Å²) in [7, 11) is -3.01. The number of aryl methyl sites for hydroxylation is 2. The molecule has 3 rings (SSSR count). The van der Waals surface area contributed by atoms with Gasteiger partial charge in [-0.15, -0.1) is 0 Å². The summed E-state index contributed by atoms with van der Waals surface area (Å²) in [6, 6.07) is 9.46. The maximum atomic E-state index is 12.6. The van der Waals surface area contributed by atoms with Crippen molar-refractivity contribution in [1.29, 1.82) is 0 Å². The SMILES string of the molecule is Cc1nccn1CCC(NC(=O)N1CCS(=O)(=O)CC1)c1ccccc1. The van der Waals surface area contributed by atoms with Crippen molar-refractivity contribution >= 4 is 15.9 Å². The first kappa shape index (κ1) is 18.4. The Labute approximate surface area is 154 Å². The molecule has 26 heavy (non-hydrogen) atoms. The number of carbonyl (C=O) groups excluding carboxylic acids is 1.